The lowest BCUT2D eigenvalue weighted by atomic mass is 9.55. The van der Waals surface area contributed by atoms with Gasteiger partial charge in [-0.25, -0.2) is 0 Å². The SMILES string of the molecule is COc1cc(/C=C/C(=O)CC(=O)C[C@H]2C=C[C@H]3C[C@@H](NC[C@H](C)O)C[C@]3(C[C@@H]3[C@H]4CCNC[C@H]4C[C@@H]4C=CCN[C@@H]34)C2)c(CC2=CNC(N)C=C2CCc2cccc(CCc3ccccc3)c2)cc1O. The molecule has 1 saturated heterocycles. The van der Waals surface area contributed by atoms with Gasteiger partial charge in [0.2, 0.25) is 0 Å². The number of Topliss-reactive ketones (excluding diaryl/α,β-unsaturated/α-hetero) is 1. The first-order chi connectivity index (χ1) is 34.0. The topological polar surface area (TPSA) is 158 Å². The Kier molecular flexibility index (Phi) is 16.4. The van der Waals surface area contributed by atoms with Crippen molar-refractivity contribution in [3.63, 3.8) is 0 Å². The van der Waals surface area contributed by atoms with Crippen LogP contribution < -0.4 is 31.7 Å². The van der Waals surface area contributed by atoms with Gasteiger partial charge in [-0.05, 0) is 195 Å². The molecule has 2 saturated carbocycles. The first kappa shape index (κ1) is 49.9. The maximum atomic E-state index is 13.9. The Balaban J connectivity index is 0.851. The highest BCUT2D eigenvalue weighted by Crippen LogP contribution is 2.58. The van der Waals surface area contributed by atoms with Gasteiger partial charge in [0, 0.05) is 37.8 Å². The van der Waals surface area contributed by atoms with Crippen molar-refractivity contribution < 1.29 is 24.5 Å². The highest BCUT2D eigenvalue weighted by atomic mass is 16.5. The van der Waals surface area contributed by atoms with Crippen LogP contribution in [0.4, 0.5) is 0 Å². The van der Waals surface area contributed by atoms with Crippen molar-refractivity contribution in [1.82, 2.24) is 21.3 Å². The van der Waals surface area contributed by atoms with Crippen LogP contribution in [-0.4, -0.2) is 79.4 Å². The van der Waals surface area contributed by atoms with Crippen LogP contribution in [0.15, 0.2) is 121 Å². The van der Waals surface area contributed by atoms with E-state index in [1.54, 1.807) is 18.2 Å². The number of ketones is 2. The average molecular weight is 948 g/mol. The van der Waals surface area contributed by atoms with Crippen LogP contribution in [0.2, 0.25) is 0 Å². The van der Waals surface area contributed by atoms with Gasteiger partial charge >= 0.3 is 0 Å². The molecular formula is C60H77N5O5. The molecule has 10 nitrogen and oxygen atoms in total. The number of hydrogen-bond acceptors (Lipinski definition) is 10. The zero-order valence-electron chi connectivity index (χ0n) is 41.5. The summed E-state index contributed by atoms with van der Waals surface area (Å²) in [5.41, 5.74) is 14.1. The zero-order chi connectivity index (χ0) is 48.6. The molecular weight excluding hydrogens is 871 g/mol. The van der Waals surface area contributed by atoms with Crippen LogP contribution in [0.5, 0.6) is 11.5 Å². The third kappa shape index (κ3) is 12.3. The van der Waals surface area contributed by atoms with Gasteiger partial charge in [0.05, 0.1) is 25.8 Å². The third-order valence-electron chi connectivity index (χ3n) is 16.8. The summed E-state index contributed by atoms with van der Waals surface area (Å²) in [5, 5.41) is 35.8. The van der Waals surface area contributed by atoms with Gasteiger partial charge in [0.25, 0.3) is 0 Å². The Labute approximate surface area is 416 Å². The second-order valence-electron chi connectivity index (χ2n) is 21.7. The minimum Gasteiger partial charge on any atom is -0.504 e. The zero-order valence-corrected chi connectivity index (χ0v) is 41.5. The number of hydrogen-bond donors (Lipinski definition) is 7. The molecule has 1 unspecified atom stereocenters. The largest absolute Gasteiger partial charge is 0.504 e. The quantitative estimate of drug-likeness (QED) is 0.0336. The van der Waals surface area contributed by atoms with Crippen LogP contribution in [0.1, 0.15) is 92.5 Å². The molecule has 372 valence electrons. The number of rotatable bonds is 20. The van der Waals surface area contributed by atoms with Crippen LogP contribution in [0, 0.1) is 40.9 Å². The molecule has 0 amide bonds. The van der Waals surface area contributed by atoms with Crippen molar-refractivity contribution in [3.05, 3.63) is 148 Å². The fourth-order valence-corrected chi connectivity index (χ4v) is 13.5. The molecule has 10 heteroatoms. The second-order valence-corrected chi connectivity index (χ2v) is 21.7. The lowest BCUT2D eigenvalue weighted by Crippen LogP contribution is -2.57. The number of aliphatic hydroxyl groups excluding tert-OH is 1. The highest BCUT2D eigenvalue weighted by Gasteiger charge is 2.54. The number of allylic oxidation sites excluding steroid dienone is 5. The fraction of sp³-hybridized carbons (Fsp3) is 0.500. The molecule has 3 fully saturated rings. The number of carbonyl (C=O) groups excluding carboxylic acids is 2. The first-order valence-corrected chi connectivity index (χ1v) is 26.4. The van der Waals surface area contributed by atoms with Crippen molar-refractivity contribution in [3.8, 4) is 11.5 Å². The molecule has 3 aliphatic carbocycles. The first-order valence-electron chi connectivity index (χ1n) is 26.4. The summed E-state index contributed by atoms with van der Waals surface area (Å²) in [6.45, 7) is 5.54. The van der Waals surface area contributed by atoms with E-state index in [1.165, 1.54) is 42.7 Å². The van der Waals surface area contributed by atoms with E-state index >= 15 is 0 Å². The van der Waals surface area contributed by atoms with E-state index in [0.717, 1.165) is 93.3 Å². The van der Waals surface area contributed by atoms with Crippen molar-refractivity contribution in [2.45, 2.75) is 115 Å². The molecule has 11 atom stereocenters. The molecule has 0 spiro atoms. The predicted octanol–water partition coefficient (Wildman–Crippen LogP) is 8.08. The molecule has 3 aromatic rings. The van der Waals surface area contributed by atoms with E-state index in [0.29, 0.717) is 66.8 Å². The number of nitrogens with two attached hydrogens (primary N) is 1. The van der Waals surface area contributed by atoms with Crippen LogP contribution in [0.3, 0.4) is 0 Å². The number of benzene rings is 3. The Morgan fingerprint density at radius 2 is 1.76 bits per heavy atom. The molecule has 6 aliphatic rings. The maximum Gasteiger partial charge on any atom is 0.163 e. The smallest absolute Gasteiger partial charge is 0.163 e. The van der Waals surface area contributed by atoms with Crippen molar-refractivity contribution in [2.75, 3.05) is 33.3 Å². The van der Waals surface area contributed by atoms with E-state index < -0.39 is 6.10 Å². The number of phenols is 1. The molecule has 8 N–H and O–H groups in total. The monoisotopic (exact) mass is 948 g/mol. The Morgan fingerprint density at radius 1 is 0.957 bits per heavy atom. The van der Waals surface area contributed by atoms with Gasteiger partial charge in [-0.1, -0.05) is 85.0 Å². The van der Waals surface area contributed by atoms with Crippen LogP contribution in [-0.2, 0) is 35.3 Å². The highest BCUT2D eigenvalue weighted by molar-refractivity contribution is 6.06. The fourth-order valence-electron chi connectivity index (χ4n) is 13.5. The number of piperidine rings is 1. The van der Waals surface area contributed by atoms with Gasteiger partial charge in [0.1, 0.15) is 5.78 Å². The number of aryl methyl sites for hydroxylation is 3. The van der Waals surface area contributed by atoms with Crippen LogP contribution >= 0.6 is 0 Å². The number of phenolic OH excluding ortho intramolecular Hbond substituents is 1. The Hall–Kier alpha value is -5.10. The number of methoxy groups -OCH3 is 1. The molecule has 0 aromatic heterocycles. The number of aromatic hydroxyl groups is 1. The summed E-state index contributed by atoms with van der Waals surface area (Å²) in [7, 11) is 1.52. The van der Waals surface area contributed by atoms with Gasteiger partial charge in [-0.3, -0.25) is 9.59 Å². The lowest BCUT2D eigenvalue weighted by molar-refractivity contribution is -0.125. The van der Waals surface area contributed by atoms with E-state index in [4.69, 9.17) is 10.5 Å². The number of ether oxygens (including phenoxy) is 1. The summed E-state index contributed by atoms with van der Waals surface area (Å²) in [4.78, 5) is 27.6. The average Bonchev–Trinajstić information content (AvgIpc) is 3.72. The molecule has 3 aliphatic heterocycles. The second kappa shape index (κ2) is 23.0. The lowest BCUT2D eigenvalue weighted by Gasteiger charge is -2.54. The molecule has 3 aromatic carbocycles. The number of fused-ring (bicyclic) bond motifs is 3. The minimum atomic E-state index is -0.405. The standard InChI is InChI=1S/C60H77N5O5/c1-39(66)36-64-51-31-50-19-16-43(33-60(50,34-51)35-55-54-21-23-62-37-49(54)26-46-12-7-22-63-59(46)55)25-53(68)32-52(67)20-18-44-29-57(70-2)56(69)28-47(44)27-48-38-65-58(61)30-45(48)17-15-42-11-6-10-41(24-42)14-13-40-8-4-3-5-9-40/h3-12,16,18-20,24,28-30,38-39,43,46,49-51,54-55,58-59,62-66,69H,13-15,17,21-23,25-27,31-37,61H2,1-2H3/b20-18+/t39-,43+,46-,49+,50-,51+,54-,55+,58?,59+,60-/m0/s1. The molecule has 9 rings (SSSR count). The van der Waals surface area contributed by atoms with E-state index in [1.807, 2.05) is 13.1 Å². The van der Waals surface area contributed by atoms with Gasteiger partial charge in [0.15, 0.2) is 17.3 Å². The summed E-state index contributed by atoms with van der Waals surface area (Å²) in [5.74, 6) is 3.04. The van der Waals surface area contributed by atoms with Crippen molar-refractivity contribution >= 4 is 17.6 Å². The van der Waals surface area contributed by atoms with Gasteiger partial charge < -0.3 is 42.0 Å². The van der Waals surface area contributed by atoms with Crippen LogP contribution in [0.25, 0.3) is 6.08 Å². The van der Waals surface area contributed by atoms with E-state index in [-0.39, 0.29) is 41.2 Å². The molecule has 0 bridgehead atoms. The van der Waals surface area contributed by atoms with Gasteiger partial charge in [-0.2, -0.15) is 0 Å². The summed E-state index contributed by atoms with van der Waals surface area (Å²) in [6.07, 6.45) is 27.0. The number of carbonyl (C=O) groups is 2. The number of dihydropyridines is 1. The molecule has 0 radical (unpaired) electrons. The van der Waals surface area contributed by atoms with Crippen molar-refractivity contribution in [2.24, 2.45) is 46.7 Å². The van der Waals surface area contributed by atoms with Gasteiger partial charge in [-0.15, -0.1) is 0 Å². The summed E-state index contributed by atoms with van der Waals surface area (Å²) in [6, 6.07) is 23.7. The van der Waals surface area contributed by atoms with Crippen molar-refractivity contribution in [1.29, 1.82) is 0 Å². The number of nitrogens with one attached hydrogen (secondary N) is 4. The Morgan fingerprint density at radius 3 is 2.57 bits per heavy atom. The van der Waals surface area contributed by atoms with E-state index in [2.05, 4.69) is 106 Å². The number of aliphatic hydroxyl groups is 1. The molecule has 70 heavy (non-hydrogen) atoms. The summed E-state index contributed by atoms with van der Waals surface area (Å²) < 4.78 is 5.52. The maximum absolute atomic E-state index is 13.9. The normalized spacial score (nSPS) is 29.6. The molecule has 3 heterocycles. The summed E-state index contributed by atoms with van der Waals surface area (Å²) >= 11 is 0. The Bertz CT molecular complexity index is 2460. The predicted molar refractivity (Wildman–Crippen MR) is 280 cm³/mol. The minimum absolute atomic E-state index is 0.0219. The third-order valence-corrected chi connectivity index (χ3v) is 16.8. The van der Waals surface area contributed by atoms with E-state index in [9.17, 15) is 19.8 Å².